The Hall–Kier alpha value is -3.88. The summed E-state index contributed by atoms with van der Waals surface area (Å²) in [4.78, 5) is 17.8. The standard InChI is InChI=1S/C24H26N8O/c1-32-22(15-28-24-26-13-11-20(29-24)19-8-4-5-12-25-19)23(30-31-32)21-10-9-18(14-27-21)33-16-17-6-2-3-7-17/h4-5,8-14,17H,2-3,6-7,15-16H2,1H3,(H,26,28,29). The summed E-state index contributed by atoms with van der Waals surface area (Å²) in [6, 6.07) is 11.4. The molecule has 0 bridgehead atoms. The SMILES string of the molecule is Cn1nnc(-c2ccc(OCC3CCCC3)cn2)c1CNc1nccc(-c2ccccn2)n1. The summed E-state index contributed by atoms with van der Waals surface area (Å²) < 4.78 is 7.66. The van der Waals surface area contributed by atoms with Gasteiger partial charge in [0.1, 0.15) is 11.4 Å². The Morgan fingerprint density at radius 3 is 2.67 bits per heavy atom. The number of aryl methyl sites for hydroxylation is 1. The summed E-state index contributed by atoms with van der Waals surface area (Å²) in [6.07, 6.45) is 10.4. The van der Waals surface area contributed by atoms with Crippen molar-refractivity contribution in [2.75, 3.05) is 11.9 Å². The molecule has 1 N–H and O–H groups in total. The molecule has 9 heteroatoms. The van der Waals surface area contributed by atoms with Crippen molar-refractivity contribution >= 4 is 5.95 Å². The first kappa shape index (κ1) is 21.0. The van der Waals surface area contributed by atoms with Gasteiger partial charge in [-0.1, -0.05) is 24.1 Å². The first-order valence-corrected chi connectivity index (χ1v) is 11.2. The van der Waals surface area contributed by atoms with Crippen LogP contribution in [0.15, 0.2) is 55.0 Å². The molecule has 9 nitrogen and oxygen atoms in total. The molecule has 1 aliphatic carbocycles. The van der Waals surface area contributed by atoms with Crippen LogP contribution in [0.5, 0.6) is 5.75 Å². The number of nitrogens with one attached hydrogen (secondary N) is 1. The molecule has 0 saturated heterocycles. The van der Waals surface area contributed by atoms with Crippen LogP contribution in [-0.2, 0) is 13.6 Å². The van der Waals surface area contributed by atoms with E-state index in [4.69, 9.17) is 4.74 Å². The van der Waals surface area contributed by atoms with E-state index < -0.39 is 0 Å². The summed E-state index contributed by atoms with van der Waals surface area (Å²) in [5.41, 5.74) is 3.90. The van der Waals surface area contributed by atoms with Crippen molar-refractivity contribution in [3.8, 4) is 28.5 Å². The lowest BCUT2D eigenvalue weighted by atomic mass is 10.1. The highest BCUT2D eigenvalue weighted by molar-refractivity contribution is 5.58. The summed E-state index contributed by atoms with van der Waals surface area (Å²) in [5, 5.41) is 11.8. The Morgan fingerprint density at radius 1 is 0.970 bits per heavy atom. The molecule has 0 spiro atoms. The van der Waals surface area contributed by atoms with Gasteiger partial charge in [-0.25, -0.2) is 14.6 Å². The largest absolute Gasteiger partial charge is 0.492 e. The lowest BCUT2D eigenvalue weighted by Gasteiger charge is -2.11. The van der Waals surface area contributed by atoms with E-state index >= 15 is 0 Å². The maximum Gasteiger partial charge on any atom is 0.223 e. The van der Waals surface area contributed by atoms with E-state index in [-0.39, 0.29) is 0 Å². The van der Waals surface area contributed by atoms with E-state index in [1.54, 1.807) is 23.3 Å². The second kappa shape index (κ2) is 9.72. The molecule has 168 valence electrons. The van der Waals surface area contributed by atoms with Crippen LogP contribution in [-0.4, -0.2) is 41.5 Å². The average molecular weight is 443 g/mol. The molecule has 1 fully saturated rings. The molecule has 1 aliphatic rings. The quantitative estimate of drug-likeness (QED) is 0.438. The highest BCUT2D eigenvalue weighted by Crippen LogP contribution is 2.26. The van der Waals surface area contributed by atoms with E-state index in [1.165, 1.54) is 25.7 Å². The maximum absolute atomic E-state index is 5.93. The molecular weight excluding hydrogens is 416 g/mol. The van der Waals surface area contributed by atoms with Gasteiger partial charge in [0.2, 0.25) is 5.95 Å². The van der Waals surface area contributed by atoms with Gasteiger partial charge in [-0.3, -0.25) is 9.97 Å². The van der Waals surface area contributed by atoms with Gasteiger partial charge in [0, 0.05) is 19.4 Å². The van der Waals surface area contributed by atoms with Crippen molar-refractivity contribution < 1.29 is 4.74 Å². The maximum atomic E-state index is 5.93. The van der Waals surface area contributed by atoms with E-state index in [2.05, 4.69) is 35.6 Å². The van der Waals surface area contributed by atoms with E-state index in [0.29, 0.717) is 24.1 Å². The van der Waals surface area contributed by atoms with Gasteiger partial charge in [-0.05, 0) is 49.1 Å². The van der Waals surface area contributed by atoms with Crippen LogP contribution in [0.2, 0.25) is 0 Å². The number of anilines is 1. The van der Waals surface area contributed by atoms with E-state index in [1.807, 2.05) is 43.4 Å². The van der Waals surface area contributed by atoms with Crippen molar-refractivity contribution in [2.24, 2.45) is 13.0 Å². The Kier molecular flexibility index (Phi) is 6.19. The molecule has 0 aliphatic heterocycles. The number of hydrogen-bond acceptors (Lipinski definition) is 8. The molecule has 0 radical (unpaired) electrons. The van der Waals surface area contributed by atoms with Crippen LogP contribution in [0.4, 0.5) is 5.95 Å². The van der Waals surface area contributed by atoms with Crippen molar-refractivity contribution in [3.63, 3.8) is 0 Å². The van der Waals surface area contributed by atoms with Gasteiger partial charge in [-0.2, -0.15) is 0 Å². The highest BCUT2D eigenvalue weighted by atomic mass is 16.5. The Balaban J connectivity index is 1.27. The zero-order valence-electron chi connectivity index (χ0n) is 18.6. The van der Waals surface area contributed by atoms with Crippen molar-refractivity contribution in [3.05, 3.63) is 60.7 Å². The second-order valence-corrected chi connectivity index (χ2v) is 8.18. The molecule has 4 aromatic rings. The molecule has 0 amide bonds. The summed E-state index contributed by atoms with van der Waals surface area (Å²) >= 11 is 0. The minimum Gasteiger partial charge on any atom is -0.492 e. The Labute approximate surface area is 192 Å². The van der Waals surface area contributed by atoms with Crippen molar-refractivity contribution in [2.45, 2.75) is 32.2 Å². The van der Waals surface area contributed by atoms with Crippen LogP contribution >= 0.6 is 0 Å². The summed E-state index contributed by atoms with van der Waals surface area (Å²) in [5.74, 6) is 1.96. The zero-order valence-corrected chi connectivity index (χ0v) is 18.6. The minimum atomic E-state index is 0.451. The Bertz CT molecular complexity index is 1190. The fourth-order valence-corrected chi connectivity index (χ4v) is 4.03. The number of ether oxygens (including phenoxy) is 1. The van der Waals surface area contributed by atoms with Crippen LogP contribution in [0.25, 0.3) is 22.8 Å². The van der Waals surface area contributed by atoms with Crippen LogP contribution in [0, 0.1) is 5.92 Å². The third kappa shape index (κ3) is 4.97. The van der Waals surface area contributed by atoms with Crippen LogP contribution in [0.3, 0.4) is 0 Å². The number of aromatic nitrogens is 7. The number of rotatable bonds is 8. The molecule has 0 unspecified atom stereocenters. The molecule has 4 aromatic heterocycles. The molecule has 33 heavy (non-hydrogen) atoms. The van der Waals surface area contributed by atoms with Crippen LogP contribution in [0.1, 0.15) is 31.4 Å². The first-order chi connectivity index (χ1) is 16.3. The van der Waals surface area contributed by atoms with E-state index in [9.17, 15) is 0 Å². The van der Waals surface area contributed by atoms with Gasteiger partial charge in [0.15, 0.2) is 0 Å². The van der Waals surface area contributed by atoms with Gasteiger partial charge in [-0.15, -0.1) is 5.10 Å². The molecule has 5 rings (SSSR count). The number of pyridine rings is 2. The lowest BCUT2D eigenvalue weighted by Crippen LogP contribution is -2.09. The van der Waals surface area contributed by atoms with Gasteiger partial charge in [0.25, 0.3) is 0 Å². The first-order valence-electron chi connectivity index (χ1n) is 11.2. The summed E-state index contributed by atoms with van der Waals surface area (Å²) in [7, 11) is 1.86. The van der Waals surface area contributed by atoms with E-state index in [0.717, 1.165) is 35.1 Å². The van der Waals surface area contributed by atoms with Crippen LogP contribution < -0.4 is 10.1 Å². The van der Waals surface area contributed by atoms with Crippen molar-refractivity contribution in [1.82, 2.24) is 34.9 Å². The average Bonchev–Trinajstić information content (AvgIpc) is 3.52. The number of hydrogen-bond donors (Lipinski definition) is 1. The van der Waals surface area contributed by atoms with Gasteiger partial charge < -0.3 is 10.1 Å². The third-order valence-electron chi connectivity index (χ3n) is 5.88. The second-order valence-electron chi connectivity index (χ2n) is 8.18. The Morgan fingerprint density at radius 2 is 1.88 bits per heavy atom. The highest BCUT2D eigenvalue weighted by Gasteiger charge is 2.17. The van der Waals surface area contributed by atoms with Crippen molar-refractivity contribution in [1.29, 1.82) is 0 Å². The normalized spacial score (nSPS) is 13.8. The lowest BCUT2D eigenvalue weighted by molar-refractivity contribution is 0.251. The zero-order chi connectivity index (χ0) is 22.5. The molecule has 1 saturated carbocycles. The fraction of sp³-hybridized carbons (Fsp3) is 0.333. The predicted octanol–water partition coefficient (Wildman–Crippen LogP) is 3.91. The fourth-order valence-electron chi connectivity index (χ4n) is 4.03. The minimum absolute atomic E-state index is 0.451. The molecule has 4 heterocycles. The molecule has 0 atom stereocenters. The molecular formula is C24H26N8O. The smallest absolute Gasteiger partial charge is 0.223 e. The summed E-state index contributed by atoms with van der Waals surface area (Å²) in [6.45, 7) is 1.21. The molecule has 0 aromatic carbocycles. The monoisotopic (exact) mass is 442 g/mol. The predicted molar refractivity (Wildman–Crippen MR) is 124 cm³/mol. The topological polar surface area (TPSA) is 104 Å². The van der Waals surface area contributed by atoms with Gasteiger partial charge in [0.05, 0.1) is 42.1 Å². The third-order valence-corrected chi connectivity index (χ3v) is 5.88. The van der Waals surface area contributed by atoms with Gasteiger partial charge >= 0.3 is 0 Å². The number of nitrogens with zero attached hydrogens (tertiary/aromatic N) is 7.